The molecule has 2 N–H and O–H groups in total. The van der Waals surface area contributed by atoms with Crippen LogP contribution in [0.1, 0.15) is 26.2 Å². The summed E-state index contributed by atoms with van der Waals surface area (Å²) in [6, 6.07) is 1.57. The van der Waals surface area contributed by atoms with Crippen molar-refractivity contribution in [3.63, 3.8) is 0 Å². The predicted molar refractivity (Wildman–Crippen MR) is 64.8 cm³/mol. The molecule has 0 rings (SSSR count). The van der Waals surface area contributed by atoms with Crippen molar-refractivity contribution in [2.24, 2.45) is 5.73 Å². The van der Waals surface area contributed by atoms with E-state index in [4.69, 9.17) is 5.73 Å². The Morgan fingerprint density at radius 2 is 1.92 bits per heavy atom. The Morgan fingerprint density at radius 3 is 2.31 bits per heavy atom. The normalized spacial score (nSPS) is 14.2. The zero-order valence-corrected chi connectivity index (χ0v) is 10.7. The molecule has 0 aliphatic heterocycles. The summed E-state index contributed by atoms with van der Waals surface area (Å²) in [7, 11) is -0.965. The first kappa shape index (κ1) is 12.9. The van der Waals surface area contributed by atoms with Gasteiger partial charge in [-0.15, -0.1) is 6.58 Å². The van der Waals surface area contributed by atoms with E-state index in [9.17, 15) is 0 Å². The molecule has 0 saturated heterocycles. The zero-order chi connectivity index (χ0) is 10.5. The zero-order valence-electron chi connectivity index (χ0n) is 9.69. The standard InChI is InChI=1S/C11H25NSi/c1-6-7-11(12)8-10(2)9-13(3,4)5/h11H,2,6-9,12H2,1,3-5H3/t11-/m0/s1. The van der Waals surface area contributed by atoms with Gasteiger partial charge in [0.1, 0.15) is 0 Å². The number of rotatable bonds is 6. The highest BCUT2D eigenvalue weighted by atomic mass is 28.3. The summed E-state index contributed by atoms with van der Waals surface area (Å²) in [5.41, 5.74) is 7.32. The average Bonchev–Trinajstić information content (AvgIpc) is 1.81. The molecule has 0 heterocycles. The number of nitrogens with two attached hydrogens (primary N) is 1. The first-order chi connectivity index (χ1) is 5.85. The monoisotopic (exact) mass is 199 g/mol. The van der Waals surface area contributed by atoms with Crippen molar-refractivity contribution in [2.45, 2.75) is 57.9 Å². The van der Waals surface area contributed by atoms with Gasteiger partial charge in [0.25, 0.3) is 0 Å². The Kier molecular flexibility index (Phi) is 5.57. The van der Waals surface area contributed by atoms with Crippen molar-refractivity contribution in [2.75, 3.05) is 0 Å². The van der Waals surface area contributed by atoms with E-state index < -0.39 is 8.07 Å². The molecule has 0 aromatic rings. The Morgan fingerprint density at radius 1 is 1.38 bits per heavy atom. The summed E-state index contributed by atoms with van der Waals surface area (Å²) < 4.78 is 0. The van der Waals surface area contributed by atoms with Crippen molar-refractivity contribution < 1.29 is 0 Å². The van der Waals surface area contributed by atoms with Gasteiger partial charge in [-0.05, 0) is 18.9 Å². The topological polar surface area (TPSA) is 26.0 Å². The molecule has 2 heteroatoms. The molecule has 0 aliphatic carbocycles. The molecule has 0 amide bonds. The van der Waals surface area contributed by atoms with E-state index in [1.54, 1.807) is 0 Å². The Hall–Kier alpha value is -0.0831. The maximum absolute atomic E-state index is 5.96. The van der Waals surface area contributed by atoms with E-state index in [1.165, 1.54) is 18.0 Å². The average molecular weight is 199 g/mol. The number of hydrogen-bond acceptors (Lipinski definition) is 1. The van der Waals surface area contributed by atoms with Gasteiger partial charge in [-0.1, -0.05) is 38.6 Å². The maximum atomic E-state index is 5.96. The second kappa shape index (κ2) is 5.61. The largest absolute Gasteiger partial charge is 0.327 e. The van der Waals surface area contributed by atoms with Crippen LogP contribution in [0, 0.1) is 0 Å². The fourth-order valence-corrected chi connectivity index (χ4v) is 3.31. The van der Waals surface area contributed by atoms with Gasteiger partial charge in [-0.3, -0.25) is 0 Å². The van der Waals surface area contributed by atoms with Crippen molar-refractivity contribution in [3.05, 3.63) is 12.2 Å². The van der Waals surface area contributed by atoms with Crippen LogP contribution in [0.4, 0.5) is 0 Å². The van der Waals surface area contributed by atoms with Crippen molar-refractivity contribution in [1.29, 1.82) is 0 Å². The van der Waals surface area contributed by atoms with Crippen LogP contribution >= 0.6 is 0 Å². The van der Waals surface area contributed by atoms with Gasteiger partial charge in [0, 0.05) is 14.1 Å². The first-order valence-electron chi connectivity index (χ1n) is 5.27. The van der Waals surface area contributed by atoms with Crippen LogP contribution in [0.2, 0.25) is 25.7 Å². The van der Waals surface area contributed by atoms with Crippen LogP contribution in [0.25, 0.3) is 0 Å². The van der Waals surface area contributed by atoms with E-state index in [0.29, 0.717) is 6.04 Å². The van der Waals surface area contributed by atoms with E-state index in [-0.39, 0.29) is 0 Å². The third-order valence-electron chi connectivity index (χ3n) is 1.99. The predicted octanol–water partition coefficient (Wildman–Crippen LogP) is 3.40. The summed E-state index contributed by atoms with van der Waals surface area (Å²) in [5, 5.41) is 0. The van der Waals surface area contributed by atoms with Gasteiger partial charge >= 0.3 is 0 Å². The van der Waals surface area contributed by atoms with E-state index in [2.05, 4.69) is 33.1 Å². The Labute approximate surface area is 84.4 Å². The minimum atomic E-state index is -0.965. The number of hydrogen-bond donors (Lipinski definition) is 1. The Bertz CT molecular complexity index is 158. The lowest BCUT2D eigenvalue weighted by atomic mass is 10.1. The van der Waals surface area contributed by atoms with Gasteiger partial charge in [0.05, 0.1) is 0 Å². The molecule has 0 fully saturated rings. The molecule has 0 bridgehead atoms. The van der Waals surface area contributed by atoms with Crippen LogP contribution in [0.5, 0.6) is 0 Å². The third-order valence-corrected chi connectivity index (χ3v) is 3.55. The molecule has 0 aromatic carbocycles. The second-order valence-corrected chi connectivity index (χ2v) is 10.7. The minimum absolute atomic E-state index is 0.342. The lowest BCUT2D eigenvalue weighted by molar-refractivity contribution is 0.598. The summed E-state index contributed by atoms with van der Waals surface area (Å²) >= 11 is 0. The molecule has 0 spiro atoms. The van der Waals surface area contributed by atoms with Gasteiger partial charge in [-0.2, -0.15) is 0 Å². The molecule has 0 unspecified atom stereocenters. The van der Waals surface area contributed by atoms with Gasteiger partial charge in [-0.25, -0.2) is 0 Å². The molecule has 13 heavy (non-hydrogen) atoms. The van der Waals surface area contributed by atoms with Gasteiger partial charge in [0.2, 0.25) is 0 Å². The lowest BCUT2D eigenvalue weighted by Crippen LogP contribution is -2.24. The van der Waals surface area contributed by atoms with Crippen LogP contribution in [0.3, 0.4) is 0 Å². The molecule has 0 aromatic heterocycles. The molecular weight excluding hydrogens is 174 g/mol. The van der Waals surface area contributed by atoms with Crippen molar-refractivity contribution in [1.82, 2.24) is 0 Å². The van der Waals surface area contributed by atoms with Crippen molar-refractivity contribution in [3.8, 4) is 0 Å². The Balaban J connectivity index is 3.74. The SMILES string of the molecule is C=C(C[C@@H](N)CCC)C[Si](C)(C)C. The first-order valence-corrected chi connectivity index (χ1v) is 8.98. The summed E-state index contributed by atoms with van der Waals surface area (Å²) in [4.78, 5) is 0. The molecule has 78 valence electrons. The highest BCUT2D eigenvalue weighted by molar-refractivity contribution is 6.76. The quantitative estimate of drug-likeness (QED) is 0.515. The molecule has 0 saturated carbocycles. The van der Waals surface area contributed by atoms with Gasteiger partial charge < -0.3 is 5.73 Å². The highest BCUT2D eigenvalue weighted by Gasteiger charge is 2.15. The molecule has 0 radical (unpaired) electrons. The lowest BCUT2D eigenvalue weighted by Gasteiger charge is -2.19. The van der Waals surface area contributed by atoms with Gasteiger partial charge in [0.15, 0.2) is 0 Å². The smallest absolute Gasteiger partial charge is 0.0483 e. The fourth-order valence-electron chi connectivity index (χ4n) is 1.67. The molecule has 1 nitrogen and oxygen atoms in total. The van der Waals surface area contributed by atoms with Crippen LogP contribution in [-0.4, -0.2) is 14.1 Å². The second-order valence-electron chi connectivity index (χ2n) is 5.24. The van der Waals surface area contributed by atoms with Crippen LogP contribution in [-0.2, 0) is 0 Å². The summed E-state index contributed by atoms with van der Waals surface area (Å²) in [6.45, 7) is 13.4. The summed E-state index contributed by atoms with van der Waals surface area (Å²) in [5.74, 6) is 0. The third kappa shape index (κ3) is 8.25. The van der Waals surface area contributed by atoms with E-state index in [0.717, 1.165) is 12.8 Å². The summed E-state index contributed by atoms with van der Waals surface area (Å²) in [6.07, 6.45) is 3.34. The maximum Gasteiger partial charge on any atom is 0.0483 e. The molecular formula is C11H25NSi. The highest BCUT2D eigenvalue weighted by Crippen LogP contribution is 2.19. The van der Waals surface area contributed by atoms with Crippen LogP contribution in [0.15, 0.2) is 12.2 Å². The van der Waals surface area contributed by atoms with E-state index in [1.807, 2.05) is 0 Å². The molecule has 1 atom stereocenters. The van der Waals surface area contributed by atoms with E-state index >= 15 is 0 Å². The fraction of sp³-hybridized carbons (Fsp3) is 0.818. The van der Waals surface area contributed by atoms with Crippen molar-refractivity contribution >= 4 is 8.07 Å². The van der Waals surface area contributed by atoms with Crippen LogP contribution < -0.4 is 5.73 Å². The molecule has 0 aliphatic rings. The minimum Gasteiger partial charge on any atom is -0.327 e.